The number of anilines is 1. The van der Waals surface area contributed by atoms with Gasteiger partial charge in [0.1, 0.15) is 5.82 Å². The summed E-state index contributed by atoms with van der Waals surface area (Å²) in [7, 11) is 0. The van der Waals surface area contributed by atoms with Crippen LogP contribution >= 0.6 is 23.4 Å². The number of nitrogens with one attached hydrogen (secondary N) is 2. The number of aryl methyl sites for hydroxylation is 1. The van der Waals surface area contributed by atoms with Crippen LogP contribution in [0.2, 0.25) is 5.02 Å². The van der Waals surface area contributed by atoms with Gasteiger partial charge in [0.2, 0.25) is 5.91 Å². The van der Waals surface area contributed by atoms with Crippen molar-refractivity contribution in [2.75, 3.05) is 5.32 Å². The van der Waals surface area contributed by atoms with Crippen LogP contribution in [0.5, 0.6) is 0 Å². The Balaban J connectivity index is 1.63. The second kappa shape index (κ2) is 8.88. The summed E-state index contributed by atoms with van der Waals surface area (Å²) >= 11 is 7.00. The van der Waals surface area contributed by atoms with Crippen molar-refractivity contribution in [3.8, 4) is 0 Å². The van der Waals surface area contributed by atoms with Crippen LogP contribution in [0.15, 0.2) is 58.6 Å². The number of halogens is 1. The van der Waals surface area contributed by atoms with E-state index in [1.165, 1.54) is 18.0 Å². The van der Waals surface area contributed by atoms with Crippen molar-refractivity contribution in [1.82, 2.24) is 19.7 Å². The monoisotopic (exact) mass is 403 g/mol. The first kappa shape index (κ1) is 19.2. The number of carbonyl (C=O) groups excluding carboxylic acids is 1. The highest BCUT2D eigenvalue weighted by Gasteiger charge is 2.19. The molecule has 2 aromatic heterocycles. The molecule has 0 fully saturated rings. The number of carbonyl (C=O) groups is 1. The molecule has 2 N–H and O–H groups in total. The molecule has 0 aliphatic carbocycles. The molecule has 0 radical (unpaired) electrons. The summed E-state index contributed by atoms with van der Waals surface area (Å²) in [5.74, 6) is 0.181. The average Bonchev–Trinajstić information content (AvgIpc) is 3.02. The van der Waals surface area contributed by atoms with E-state index in [1.807, 2.05) is 30.3 Å². The molecule has 3 aromatic rings. The van der Waals surface area contributed by atoms with Crippen molar-refractivity contribution >= 4 is 35.1 Å². The Morgan fingerprint density at radius 2 is 2.07 bits per heavy atom. The number of rotatable bonds is 7. The number of aromatic nitrogens is 4. The minimum atomic E-state index is -0.465. The number of hydrogen-bond acceptors (Lipinski definition) is 5. The standard InChI is InChI=1S/C18H18ClN5O2S/c1-12(16(25)21-15-8-7-14(19)11-20-15)27-18-23-22-17(26)24(18)10-9-13-5-3-2-4-6-13/h2-8,11-12H,9-10H2,1H3,(H,22,26)(H,20,21,25). The predicted molar refractivity (Wildman–Crippen MR) is 106 cm³/mol. The molecule has 3 rings (SSSR count). The lowest BCUT2D eigenvalue weighted by Gasteiger charge is -2.12. The summed E-state index contributed by atoms with van der Waals surface area (Å²) in [5.41, 5.74) is 0.835. The van der Waals surface area contributed by atoms with Gasteiger partial charge >= 0.3 is 5.69 Å². The largest absolute Gasteiger partial charge is 0.343 e. The molecular formula is C18H18ClN5O2S. The maximum absolute atomic E-state index is 12.4. The molecule has 1 aromatic carbocycles. The van der Waals surface area contributed by atoms with Gasteiger partial charge in [-0.1, -0.05) is 53.7 Å². The number of hydrogen-bond donors (Lipinski definition) is 2. The Morgan fingerprint density at radius 1 is 1.30 bits per heavy atom. The van der Waals surface area contributed by atoms with Gasteiger partial charge in [-0.05, 0) is 31.0 Å². The Morgan fingerprint density at radius 3 is 2.78 bits per heavy atom. The van der Waals surface area contributed by atoms with Crippen LogP contribution in [-0.2, 0) is 17.8 Å². The third-order valence-corrected chi connectivity index (χ3v) is 5.13. The SMILES string of the molecule is CC(Sc1n[nH]c(=O)n1CCc1ccccc1)C(=O)Nc1ccc(Cl)cn1. The Bertz CT molecular complexity index is 956. The molecule has 0 spiro atoms. The second-order valence-electron chi connectivity index (χ2n) is 5.81. The number of nitrogens with zero attached hydrogens (tertiary/aromatic N) is 3. The van der Waals surface area contributed by atoms with E-state index < -0.39 is 5.25 Å². The number of thioether (sulfide) groups is 1. The van der Waals surface area contributed by atoms with Crippen molar-refractivity contribution in [1.29, 1.82) is 0 Å². The summed E-state index contributed by atoms with van der Waals surface area (Å²) in [6.45, 7) is 2.23. The maximum atomic E-state index is 12.4. The minimum absolute atomic E-state index is 0.236. The first-order valence-electron chi connectivity index (χ1n) is 8.31. The molecule has 1 unspecified atom stereocenters. The molecule has 7 nitrogen and oxygen atoms in total. The van der Waals surface area contributed by atoms with Gasteiger partial charge in [0, 0.05) is 12.7 Å². The van der Waals surface area contributed by atoms with Gasteiger partial charge in [-0.15, -0.1) is 5.10 Å². The molecule has 27 heavy (non-hydrogen) atoms. The van der Waals surface area contributed by atoms with Gasteiger partial charge in [-0.2, -0.15) is 0 Å². The van der Waals surface area contributed by atoms with Gasteiger partial charge in [0.15, 0.2) is 5.16 Å². The van der Waals surface area contributed by atoms with Crippen molar-refractivity contribution in [2.24, 2.45) is 0 Å². The van der Waals surface area contributed by atoms with Gasteiger partial charge in [-0.25, -0.2) is 14.9 Å². The lowest BCUT2D eigenvalue weighted by Crippen LogP contribution is -2.24. The summed E-state index contributed by atoms with van der Waals surface area (Å²) < 4.78 is 1.54. The van der Waals surface area contributed by atoms with Gasteiger partial charge in [-0.3, -0.25) is 9.36 Å². The number of H-pyrrole nitrogens is 1. The lowest BCUT2D eigenvalue weighted by atomic mass is 10.1. The van der Waals surface area contributed by atoms with Crippen LogP contribution in [0.25, 0.3) is 0 Å². The molecule has 0 aliphatic rings. The van der Waals surface area contributed by atoms with Crippen molar-refractivity contribution in [3.63, 3.8) is 0 Å². The number of pyridine rings is 1. The summed E-state index contributed by atoms with van der Waals surface area (Å²) in [6.07, 6.45) is 2.16. The summed E-state index contributed by atoms with van der Waals surface area (Å²) in [6, 6.07) is 13.2. The van der Waals surface area contributed by atoms with Crippen molar-refractivity contribution < 1.29 is 4.79 Å². The van der Waals surface area contributed by atoms with Crippen molar-refractivity contribution in [3.05, 3.63) is 69.7 Å². The topological polar surface area (TPSA) is 92.7 Å². The lowest BCUT2D eigenvalue weighted by molar-refractivity contribution is -0.115. The van der Waals surface area contributed by atoms with E-state index in [-0.39, 0.29) is 11.6 Å². The van der Waals surface area contributed by atoms with Gasteiger partial charge < -0.3 is 5.32 Å². The molecule has 1 atom stereocenters. The Kier molecular flexibility index (Phi) is 6.31. The zero-order valence-electron chi connectivity index (χ0n) is 14.6. The van der Waals surface area contributed by atoms with Crippen molar-refractivity contribution in [2.45, 2.75) is 30.3 Å². The minimum Gasteiger partial charge on any atom is -0.310 e. The Labute approximate surface area is 165 Å². The van der Waals surface area contributed by atoms with Crippen LogP contribution in [0.3, 0.4) is 0 Å². The molecular weight excluding hydrogens is 386 g/mol. The zero-order chi connectivity index (χ0) is 19.2. The molecule has 0 bridgehead atoms. The van der Waals surface area contributed by atoms with E-state index in [4.69, 9.17) is 11.6 Å². The zero-order valence-corrected chi connectivity index (χ0v) is 16.1. The highest BCUT2D eigenvalue weighted by molar-refractivity contribution is 8.00. The van der Waals surface area contributed by atoms with E-state index in [1.54, 1.807) is 23.6 Å². The molecule has 2 heterocycles. The average molecular weight is 404 g/mol. The van der Waals surface area contributed by atoms with E-state index >= 15 is 0 Å². The fourth-order valence-electron chi connectivity index (χ4n) is 2.37. The third-order valence-electron chi connectivity index (χ3n) is 3.82. The van der Waals surface area contributed by atoms with Crippen LogP contribution in [0.4, 0.5) is 5.82 Å². The maximum Gasteiger partial charge on any atom is 0.343 e. The van der Waals surface area contributed by atoms with E-state index in [9.17, 15) is 9.59 Å². The van der Waals surface area contributed by atoms with Crippen LogP contribution in [-0.4, -0.2) is 30.9 Å². The first-order chi connectivity index (χ1) is 13.0. The molecule has 9 heteroatoms. The predicted octanol–water partition coefficient (Wildman–Crippen LogP) is 2.98. The number of benzene rings is 1. The molecule has 0 saturated heterocycles. The number of aromatic amines is 1. The van der Waals surface area contributed by atoms with Crippen LogP contribution < -0.4 is 11.0 Å². The third kappa shape index (κ3) is 5.21. The smallest absolute Gasteiger partial charge is 0.310 e. The second-order valence-corrected chi connectivity index (χ2v) is 7.55. The van der Waals surface area contributed by atoms with E-state index in [0.717, 1.165) is 5.56 Å². The van der Waals surface area contributed by atoms with E-state index in [2.05, 4.69) is 20.5 Å². The summed E-state index contributed by atoms with van der Waals surface area (Å²) in [5, 5.41) is 9.72. The van der Waals surface area contributed by atoms with Gasteiger partial charge in [0.05, 0.1) is 10.3 Å². The highest BCUT2D eigenvalue weighted by Crippen LogP contribution is 2.21. The fraction of sp³-hybridized carbons (Fsp3) is 0.222. The molecule has 140 valence electrons. The normalized spacial score (nSPS) is 11.9. The molecule has 1 amide bonds. The summed E-state index contributed by atoms with van der Waals surface area (Å²) in [4.78, 5) is 28.5. The van der Waals surface area contributed by atoms with E-state index in [0.29, 0.717) is 29.0 Å². The highest BCUT2D eigenvalue weighted by atomic mass is 35.5. The fourth-order valence-corrected chi connectivity index (χ4v) is 3.36. The van der Waals surface area contributed by atoms with Crippen LogP contribution in [0, 0.1) is 0 Å². The van der Waals surface area contributed by atoms with Gasteiger partial charge in [0.25, 0.3) is 0 Å². The molecule has 0 aliphatic heterocycles. The van der Waals surface area contributed by atoms with Crippen LogP contribution in [0.1, 0.15) is 12.5 Å². The number of amides is 1. The first-order valence-corrected chi connectivity index (χ1v) is 9.57. The Hall–Kier alpha value is -2.58. The molecule has 0 saturated carbocycles. The quantitative estimate of drug-likeness (QED) is 0.591.